The number of benzene rings is 2. The zero-order chi connectivity index (χ0) is 20.6. The lowest BCUT2D eigenvalue weighted by Gasteiger charge is -2.13. The van der Waals surface area contributed by atoms with E-state index in [1.165, 1.54) is 11.6 Å². The predicted molar refractivity (Wildman–Crippen MR) is 122 cm³/mol. The minimum absolute atomic E-state index is 0. The van der Waals surface area contributed by atoms with Gasteiger partial charge in [-0.1, -0.05) is 48.0 Å². The largest absolute Gasteiger partial charge is 0.439 e. The second-order valence-electron chi connectivity index (χ2n) is 6.25. The molecule has 30 heavy (non-hydrogen) atoms. The summed E-state index contributed by atoms with van der Waals surface area (Å²) in [5.74, 6) is 1.79. The molecule has 3 aromatic rings. The Bertz CT molecular complexity index is 962. The molecular weight excluding hydrogens is 505 g/mol. The van der Waals surface area contributed by atoms with E-state index in [1.807, 2.05) is 31.2 Å². The average molecular weight is 528 g/mol. The van der Waals surface area contributed by atoms with Crippen LogP contribution in [0.25, 0.3) is 11.3 Å². The van der Waals surface area contributed by atoms with Gasteiger partial charge < -0.3 is 19.8 Å². The molecule has 0 saturated heterocycles. The van der Waals surface area contributed by atoms with Gasteiger partial charge in [-0.25, -0.2) is 4.98 Å². The highest BCUT2D eigenvalue weighted by molar-refractivity contribution is 14.0. The molecule has 6 nitrogen and oxygen atoms in total. The standard InChI is InChI=1S/C21H22F2N4O2.HI/c1-14-7-9-15(10-8-14)18-12-25-19(28-18)13-27-21(24-2)26-11-16-5-3-4-6-17(16)29-20(22)23;/h3-10,12,20H,11,13H2,1-2H3,(H2,24,26,27);1H. The molecule has 0 spiro atoms. The first kappa shape index (κ1) is 23.6. The van der Waals surface area contributed by atoms with Crippen molar-refractivity contribution >= 4 is 29.9 Å². The number of alkyl halides is 2. The van der Waals surface area contributed by atoms with E-state index in [9.17, 15) is 8.78 Å². The second-order valence-corrected chi connectivity index (χ2v) is 6.25. The van der Waals surface area contributed by atoms with Gasteiger partial charge in [0.05, 0.1) is 12.7 Å². The molecule has 160 valence electrons. The third kappa shape index (κ3) is 6.68. The molecule has 0 aliphatic heterocycles. The summed E-state index contributed by atoms with van der Waals surface area (Å²) < 4.78 is 35.3. The van der Waals surface area contributed by atoms with Gasteiger partial charge in [0, 0.05) is 24.7 Å². The minimum Gasteiger partial charge on any atom is -0.439 e. The van der Waals surface area contributed by atoms with E-state index in [2.05, 4.69) is 25.3 Å². The van der Waals surface area contributed by atoms with Crippen molar-refractivity contribution in [3.05, 3.63) is 71.7 Å². The van der Waals surface area contributed by atoms with E-state index in [0.717, 1.165) is 5.56 Å². The number of rotatable bonds is 7. The van der Waals surface area contributed by atoms with Crippen LogP contribution < -0.4 is 15.4 Å². The fourth-order valence-electron chi connectivity index (χ4n) is 2.66. The summed E-state index contributed by atoms with van der Waals surface area (Å²) in [6.07, 6.45) is 1.68. The number of aliphatic imine (C=N–C) groups is 1. The zero-order valence-electron chi connectivity index (χ0n) is 16.6. The Morgan fingerprint density at radius 2 is 1.80 bits per heavy atom. The molecule has 2 aromatic carbocycles. The number of hydrogen-bond acceptors (Lipinski definition) is 4. The lowest BCUT2D eigenvalue weighted by atomic mass is 10.1. The fourth-order valence-corrected chi connectivity index (χ4v) is 2.66. The molecule has 0 bridgehead atoms. The smallest absolute Gasteiger partial charge is 0.387 e. The molecule has 0 aliphatic rings. The number of aryl methyl sites for hydroxylation is 1. The Labute approximate surface area is 190 Å². The van der Waals surface area contributed by atoms with Crippen LogP contribution in [-0.4, -0.2) is 24.6 Å². The molecule has 0 unspecified atom stereocenters. The first-order valence-electron chi connectivity index (χ1n) is 9.04. The van der Waals surface area contributed by atoms with Gasteiger partial charge >= 0.3 is 6.61 Å². The van der Waals surface area contributed by atoms with E-state index in [4.69, 9.17) is 4.42 Å². The van der Waals surface area contributed by atoms with Crippen LogP contribution in [0.2, 0.25) is 0 Å². The minimum atomic E-state index is -2.87. The number of ether oxygens (including phenoxy) is 1. The highest BCUT2D eigenvalue weighted by Crippen LogP contribution is 2.21. The van der Waals surface area contributed by atoms with E-state index in [1.54, 1.807) is 31.4 Å². The second kappa shape index (κ2) is 11.5. The van der Waals surface area contributed by atoms with Crippen LogP contribution in [0.3, 0.4) is 0 Å². The van der Waals surface area contributed by atoms with Crippen LogP contribution in [0, 0.1) is 6.92 Å². The van der Waals surface area contributed by atoms with Crippen LogP contribution in [-0.2, 0) is 13.1 Å². The van der Waals surface area contributed by atoms with Crippen LogP contribution in [0.4, 0.5) is 8.78 Å². The highest BCUT2D eigenvalue weighted by Gasteiger charge is 2.10. The topological polar surface area (TPSA) is 71.7 Å². The van der Waals surface area contributed by atoms with Gasteiger partial charge in [-0.3, -0.25) is 4.99 Å². The molecule has 0 saturated carbocycles. The van der Waals surface area contributed by atoms with Crippen molar-refractivity contribution in [3.8, 4) is 17.1 Å². The first-order chi connectivity index (χ1) is 14.0. The predicted octanol–water partition coefficient (Wildman–Crippen LogP) is 4.73. The number of hydrogen-bond donors (Lipinski definition) is 2. The van der Waals surface area contributed by atoms with Crippen LogP contribution in [0.1, 0.15) is 17.0 Å². The molecule has 0 atom stereocenters. The normalized spacial score (nSPS) is 11.2. The fraction of sp³-hybridized carbons (Fsp3) is 0.238. The van der Waals surface area contributed by atoms with Crippen molar-refractivity contribution in [2.24, 2.45) is 4.99 Å². The van der Waals surface area contributed by atoms with Crippen molar-refractivity contribution < 1.29 is 17.9 Å². The molecule has 1 aromatic heterocycles. The quantitative estimate of drug-likeness (QED) is 0.264. The van der Waals surface area contributed by atoms with Gasteiger partial charge in [-0.15, -0.1) is 24.0 Å². The number of nitrogens with zero attached hydrogens (tertiary/aromatic N) is 2. The monoisotopic (exact) mass is 528 g/mol. The third-order valence-corrected chi connectivity index (χ3v) is 4.16. The molecule has 0 radical (unpaired) electrons. The zero-order valence-corrected chi connectivity index (χ0v) is 18.9. The van der Waals surface area contributed by atoms with Crippen molar-refractivity contribution in [2.45, 2.75) is 26.6 Å². The number of guanidine groups is 1. The summed E-state index contributed by atoms with van der Waals surface area (Å²) in [4.78, 5) is 8.39. The van der Waals surface area contributed by atoms with Crippen LogP contribution in [0.5, 0.6) is 5.75 Å². The summed E-state index contributed by atoms with van der Waals surface area (Å²) >= 11 is 0. The maximum atomic E-state index is 12.5. The Morgan fingerprint density at radius 3 is 2.50 bits per heavy atom. The van der Waals surface area contributed by atoms with Gasteiger partial charge in [0.2, 0.25) is 5.89 Å². The highest BCUT2D eigenvalue weighted by atomic mass is 127. The van der Waals surface area contributed by atoms with Gasteiger partial charge in [-0.2, -0.15) is 8.78 Å². The SMILES string of the molecule is CN=C(NCc1ncc(-c2ccc(C)cc2)o1)NCc1ccccc1OC(F)F.I. The van der Waals surface area contributed by atoms with Crippen molar-refractivity contribution in [2.75, 3.05) is 7.05 Å². The maximum Gasteiger partial charge on any atom is 0.387 e. The van der Waals surface area contributed by atoms with Gasteiger partial charge in [0.15, 0.2) is 11.7 Å². The summed E-state index contributed by atoms with van der Waals surface area (Å²) in [6.45, 7) is -0.263. The summed E-state index contributed by atoms with van der Waals surface area (Å²) in [7, 11) is 1.62. The van der Waals surface area contributed by atoms with E-state index < -0.39 is 6.61 Å². The molecule has 2 N–H and O–H groups in total. The molecule has 0 fully saturated rings. The Hall–Kier alpha value is -2.69. The summed E-state index contributed by atoms with van der Waals surface area (Å²) in [5.41, 5.74) is 2.71. The van der Waals surface area contributed by atoms with Gasteiger partial charge in [0.25, 0.3) is 0 Å². The van der Waals surface area contributed by atoms with E-state index >= 15 is 0 Å². The lowest BCUT2D eigenvalue weighted by Crippen LogP contribution is -2.36. The molecule has 0 amide bonds. The lowest BCUT2D eigenvalue weighted by molar-refractivity contribution is -0.0504. The van der Waals surface area contributed by atoms with E-state index in [0.29, 0.717) is 29.7 Å². The molecule has 0 aliphatic carbocycles. The molecular formula is C21H23F2IN4O2. The van der Waals surface area contributed by atoms with Crippen LogP contribution >= 0.6 is 24.0 Å². The van der Waals surface area contributed by atoms with Gasteiger partial charge in [0.1, 0.15) is 5.75 Å². The summed E-state index contributed by atoms with van der Waals surface area (Å²) in [6, 6.07) is 14.6. The Kier molecular flexibility index (Phi) is 9.03. The number of nitrogens with one attached hydrogen (secondary N) is 2. The Balaban J connectivity index is 0.00000320. The Morgan fingerprint density at radius 1 is 1.10 bits per heavy atom. The molecule has 3 rings (SSSR count). The average Bonchev–Trinajstić information content (AvgIpc) is 3.18. The maximum absolute atomic E-state index is 12.5. The first-order valence-corrected chi connectivity index (χ1v) is 9.04. The van der Waals surface area contributed by atoms with Crippen molar-refractivity contribution in [3.63, 3.8) is 0 Å². The van der Waals surface area contributed by atoms with Crippen molar-refractivity contribution in [1.82, 2.24) is 15.6 Å². The third-order valence-electron chi connectivity index (χ3n) is 4.16. The number of para-hydroxylation sites is 1. The number of aromatic nitrogens is 1. The number of oxazole rings is 1. The van der Waals surface area contributed by atoms with Crippen molar-refractivity contribution in [1.29, 1.82) is 0 Å². The molecule has 9 heteroatoms. The number of halogens is 3. The van der Waals surface area contributed by atoms with Gasteiger partial charge in [-0.05, 0) is 13.0 Å². The van der Waals surface area contributed by atoms with E-state index in [-0.39, 0.29) is 36.3 Å². The summed E-state index contributed by atoms with van der Waals surface area (Å²) in [5, 5.41) is 6.14. The molecule has 1 heterocycles. The van der Waals surface area contributed by atoms with Crippen LogP contribution in [0.15, 0.2) is 64.1 Å².